The molecule has 0 spiro atoms. The largest absolute Gasteiger partial charge is 0.388 e. The van der Waals surface area contributed by atoms with Crippen molar-refractivity contribution in [3.8, 4) is 0 Å². The van der Waals surface area contributed by atoms with Crippen molar-refractivity contribution in [1.29, 1.82) is 0 Å². The first kappa shape index (κ1) is 16.4. The molecule has 0 aliphatic carbocycles. The molecule has 1 atom stereocenters. The lowest BCUT2D eigenvalue weighted by atomic mass is 10.0. The fourth-order valence-electron chi connectivity index (χ4n) is 1.64. The summed E-state index contributed by atoms with van der Waals surface area (Å²) >= 11 is 0. The maximum Gasteiger partial charge on any atom is 0.220 e. The molecular formula is C13H28N2O2. The number of rotatable bonds is 9. The van der Waals surface area contributed by atoms with Crippen molar-refractivity contribution in [1.82, 2.24) is 10.6 Å². The molecule has 1 amide bonds. The lowest BCUT2D eigenvalue weighted by Gasteiger charge is -2.22. The Morgan fingerprint density at radius 2 is 2.06 bits per heavy atom. The van der Waals surface area contributed by atoms with Crippen LogP contribution in [0.2, 0.25) is 0 Å². The van der Waals surface area contributed by atoms with Crippen LogP contribution in [0.3, 0.4) is 0 Å². The van der Waals surface area contributed by atoms with Gasteiger partial charge in [0.05, 0.1) is 5.60 Å². The maximum absolute atomic E-state index is 11.5. The lowest BCUT2D eigenvalue weighted by molar-refractivity contribution is -0.122. The summed E-state index contributed by atoms with van der Waals surface area (Å²) < 4.78 is 0. The molecule has 0 aromatic carbocycles. The van der Waals surface area contributed by atoms with E-state index in [1.165, 1.54) is 0 Å². The van der Waals surface area contributed by atoms with Gasteiger partial charge in [-0.3, -0.25) is 4.79 Å². The summed E-state index contributed by atoms with van der Waals surface area (Å²) in [4.78, 5) is 11.5. The highest BCUT2D eigenvalue weighted by atomic mass is 16.3. The zero-order chi connectivity index (χ0) is 13.3. The molecule has 0 saturated carbocycles. The highest BCUT2D eigenvalue weighted by Crippen LogP contribution is 2.09. The molecule has 0 bridgehead atoms. The van der Waals surface area contributed by atoms with Crippen LogP contribution in [0.1, 0.15) is 53.4 Å². The molecule has 0 aromatic rings. The normalized spacial score (nSPS) is 14.7. The third-order valence-electron chi connectivity index (χ3n) is 2.59. The Balaban J connectivity index is 3.59. The number of amides is 1. The molecule has 0 aliphatic heterocycles. The van der Waals surface area contributed by atoms with Crippen LogP contribution < -0.4 is 10.6 Å². The fourth-order valence-corrected chi connectivity index (χ4v) is 1.64. The Hall–Kier alpha value is -0.610. The Kier molecular flexibility index (Phi) is 8.17. The molecule has 102 valence electrons. The molecule has 4 nitrogen and oxygen atoms in total. The van der Waals surface area contributed by atoms with Crippen molar-refractivity contribution in [3.05, 3.63) is 0 Å². The molecule has 0 fully saturated rings. The van der Waals surface area contributed by atoms with Crippen LogP contribution in [0, 0.1) is 0 Å². The van der Waals surface area contributed by atoms with Crippen LogP contribution in [0.4, 0.5) is 0 Å². The average Bonchev–Trinajstić information content (AvgIpc) is 2.21. The van der Waals surface area contributed by atoms with E-state index in [-0.39, 0.29) is 5.91 Å². The summed E-state index contributed by atoms with van der Waals surface area (Å²) in [6, 6.07) is 0.461. The summed E-state index contributed by atoms with van der Waals surface area (Å²) in [6.07, 6.45) is 2.98. The van der Waals surface area contributed by atoms with Crippen molar-refractivity contribution >= 4 is 5.91 Å². The van der Waals surface area contributed by atoms with E-state index in [1.54, 1.807) is 6.92 Å². The van der Waals surface area contributed by atoms with Crippen LogP contribution >= 0.6 is 0 Å². The van der Waals surface area contributed by atoms with E-state index in [2.05, 4.69) is 24.5 Å². The molecular weight excluding hydrogens is 216 g/mol. The third kappa shape index (κ3) is 10.3. The predicted molar refractivity (Wildman–Crippen MR) is 70.9 cm³/mol. The van der Waals surface area contributed by atoms with Gasteiger partial charge in [0, 0.05) is 19.0 Å². The van der Waals surface area contributed by atoms with Gasteiger partial charge in [0.1, 0.15) is 0 Å². The fraction of sp³-hybridized carbons (Fsp3) is 0.923. The summed E-state index contributed by atoms with van der Waals surface area (Å²) in [6.45, 7) is 9.16. The molecule has 3 N–H and O–H groups in total. The number of carbonyl (C=O) groups excluding carboxylic acids is 1. The second kappa shape index (κ2) is 8.48. The van der Waals surface area contributed by atoms with Crippen LogP contribution in [0.5, 0.6) is 0 Å². The van der Waals surface area contributed by atoms with Crippen LogP contribution in [-0.4, -0.2) is 35.7 Å². The van der Waals surface area contributed by atoms with Gasteiger partial charge in [0.15, 0.2) is 0 Å². The number of hydrogen-bond acceptors (Lipinski definition) is 3. The number of nitrogens with one attached hydrogen (secondary N) is 2. The van der Waals surface area contributed by atoms with Gasteiger partial charge in [-0.2, -0.15) is 0 Å². The van der Waals surface area contributed by atoms with E-state index in [0.717, 1.165) is 19.4 Å². The minimum Gasteiger partial charge on any atom is -0.388 e. The first-order valence-electron chi connectivity index (χ1n) is 6.60. The van der Waals surface area contributed by atoms with E-state index < -0.39 is 5.60 Å². The zero-order valence-electron chi connectivity index (χ0n) is 11.7. The monoisotopic (exact) mass is 244 g/mol. The first-order valence-corrected chi connectivity index (χ1v) is 6.60. The Labute approximate surface area is 105 Å². The summed E-state index contributed by atoms with van der Waals surface area (Å²) in [5.74, 6) is 0.0203. The number of carbonyl (C=O) groups is 1. The Morgan fingerprint density at radius 1 is 1.41 bits per heavy atom. The van der Waals surface area contributed by atoms with Gasteiger partial charge in [0.2, 0.25) is 5.91 Å². The summed E-state index contributed by atoms with van der Waals surface area (Å²) in [5.41, 5.74) is -0.777. The van der Waals surface area contributed by atoms with E-state index in [9.17, 15) is 9.90 Å². The van der Waals surface area contributed by atoms with E-state index in [4.69, 9.17) is 0 Å². The van der Waals surface area contributed by atoms with Gasteiger partial charge >= 0.3 is 0 Å². The van der Waals surface area contributed by atoms with Gasteiger partial charge < -0.3 is 15.7 Å². The minimum atomic E-state index is -0.777. The Morgan fingerprint density at radius 3 is 2.59 bits per heavy atom. The van der Waals surface area contributed by atoms with Gasteiger partial charge in [-0.25, -0.2) is 0 Å². The van der Waals surface area contributed by atoms with Gasteiger partial charge in [-0.05, 0) is 26.3 Å². The molecule has 0 aliphatic rings. The first-order chi connectivity index (χ1) is 7.87. The SMILES string of the molecule is CCCC(C)(O)CNC(=O)CCCNC(C)C. The standard InChI is InChI=1S/C13H28N2O2/c1-5-8-13(4,17)10-15-12(16)7-6-9-14-11(2)3/h11,14,17H,5-10H2,1-4H3,(H,15,16). The van der Waals surface area contributed by atoms with Crippen molar-refractivity contribution in [2.24, 2.45) is 0 Å². The van der Waals surface area contributed by atoms with Crippen LogP contribution in [0.25, 0.3) is 0 Å². The zero-order valence-corrected chi connectivity index (χ0v) is 11.7. The highest BCUT2D eigenvalue weighted by molar-refractivity contribution is 5.75. The quantitative estimate of drug-likeness (QED) is 0.538. The van der Waals surface area contributed by atoms with Gasteiger partial charge in [0.25, 0.3) is 0 Å². The maximum atomic E-state index is 11.5. The second-order valence-electron chi connectivity index (χ2n) is 5.24. The Bertz CT molecular complexity index is 215. The van der Waals surface area contributed by atoms with Gasteiger partial charge in [-0.1, -0.05) is 27.2 Å². The molecule has 0 aromatic heterocycles. The summed E-state index contributed by atoms with van der Waals surface area (Å²) in [5, 5.41) is 15.9. The molecule has 1 unspecified atom stereocenters. The summed E-state index contributed by atoms with van der Waals surface area (Å²) in [7, 11) is 0. The van der Waals surface area contributed by atoms with Crippen LogP contribution in [-0.2, 0) is 4.79 Å². The third-order valence-corrected chi connectivity index (χ3v) is 2.59. The average molecular weight is 244 g/mol. The van der Waals surface area contributed by atoms with Crippen molar-refractivity contribution in [2.75, 3.05) is 13.1 Å². The number of aliphatic hydroxyl groups is 1. The van der Waals surface area contributed by atoms with Gasteiger partial charge in [-0.15, -0.1) is 0 Å². The predicted octanol–water partition coefficient (Wildman–Crippen LogP) is 1.43. The second-order valence-corrected chi connectivity index (χ2v) is 5.24. The minimum absolute atomic E-state index is 0.0203. The molecule has 0 radical (unpaired) electrons. The van der Waals surface area contributed by atoms with Crippen molar-refractivity contribution < 1.29 is 9.90 Å². The van der Waals surface area contributed by atoms with Crippen LogP contribution in [0.15, 0.2) is 0 Å². The van der Waals surface area contributed by atoms with E-state index in [1.807, 2.05) is 6.92 Å². The molecule has 0 heterocycles. The lowest BCUT2D eigenvalue weighted by Crippen LogP contribution is -2.40. The molecule has 17 heavy (non-hydrogen) atoms. The number of hydrogen-bond donors (Lipinski definition) is 3. The van der Waals surface area contributed by atoms with Crippen molar-refractivity contribution in [3.63, 3.8) is 0 Å². The van der Waals surface area contributed by atoms with E-state index >= 15 is 0 Å². The van der Waals surface area contributed by atoms with E-state index in [0.29, 0.717) is 25.4 Å². The highest BCUT2D eigenvalue weighted by Gasteiger charge is 2.19. The molecule has 0 saturated heterocycles. The molecule has 4 heteroatoms. The smallest absolute Gasteiger partial charge is 0.220 e. The van der Waals surface area contributed by atoms with Crippen molar-refractivity contribution in [2.45, 2.75) is 65.0 Å². The molecule has 0 rings (SSSR count). The topological polar surface area (TPSA) is 61.4 Å².